The van der Waals surface area contributed by atoms with Gasteiger partial charge >= 0.3 is 0 Å². The monoisotopic (exact) mass is 381 g/mol. The summed E-state index contributed by atoms with van der Waals surface area (Å²) in [4.78, 5) is 12.4. The van der Waals surface area contributed by atoms with Gasteiger partial charge in [0.25, 0.3) is 0 Å². The Bertz CT molecular complexity index is 1230. The van der Waals surface area contributed by atoms with E-state index in [1.807, 2.05) is 0 Å². The molecule has 0 bridgehead atoms. The molecule has 1 aliphatic heterocycles. The summed E-state index contributed by atoms with van der Waals surface area (Å²) in [5.74, 6) is -1.76. The Morgan fingerprint density at radius 1 is 1.11 bits per heavy atom. The van der Waals surface area contributed by atoms with Crippen LogP contribution in [-0.4, -0.2) is 35.5 Å². The number of halogens is 2. The maximum Gasteiger partial charge on any atom is 0.226 e. The molecule has 3 aromatic heterocycles. The molecule has 4 heterocycles. The average molecular weight is 381 g/mol. The Hall–Kier alpha value is -3.69. The van der Waals surface area contributed by atoms with Crippen molar-refractivity contribution in [2.75, 3.05) is 5.32 Å². The topological polar surface area (TPSA) is 90.0 Å². The summed E-state index contributed by atoms with van der Waals surface area (Å²) in [6.07, 6.45) is 1.37. The van der Waals surface area contributed by atoms with Gasteiger partial charge in [0.15, 0.2) is 11.5 Å². The Kier molecular flexibility index (Phi) is 3.48. The van der Waals surface area contributed by atoms with Crippen LogP contribution >= 0.6 is 0 Å². The lowest BCUT2D eigenvalue weighted by molar-refractivity contribution is -0.116. The molecule has 0 unspecified atom stereocenters. The molecular formula is C18H13F2N7O. The first-order valence-electron chi connectivity index (χ1n) is 8.53. The molecule has 28 heavy (non-hydrogen) atoms. The predicted molar refractivity (Wildman–Crippen MR) is 94.1 cm³/mol. The van der Waals surface area contributed by atoms with Crippen molar-refractivity contribution in [1.82, 2.24) is 29.6 Å². The van der Waals surface area contributed by atoms with Gasteiger partial charge in [-0.05, 0) is 31.2 Å². The number of hydrogen-bond donors (Lipinski definition) is 1. The number of amides is 1. The van der Waals surface area contributed by atoms with E-state index in [1.165, 1.54) is 33.7 Å². The zero-order valence-electron chi connectivity index (χ0n) is 14.6. The quantitative estimate of drug-likeness (QED) is 0.576. The number of carbonyl (C=O) groups excluding carboxylic acids is 1. The van der Waals surface area contributed by atoms with Crippen molar-refractivity contribution in [1.29, 1.82) is 0 Å². The Morgan fingerprint density at radius 2 is 1.89 bits per heavy atom. The first-order chi connectivity index (χ1) is 13.5. The maximum absolute atomic E-state index is 14.4. The summed E-state index contributed by atoms with van der Waals surface area (Å²) < 4.78 is 31.8. The molecule has 1 aromatic carbocycles. The van der Waals surface area contributed by atoms with Crippen molar-refractivity contribution in [3.63, 3.8) is 0 Å². The third-order valence-corrected chi connectivity index (χ3v) is 4.82. The highest BCUT2D eigenvalue weighted by atomic mass is 19.1. The van der Waals surface area contributed by atoms with Crippen LogP contribution < -0.4 is 5.32 Å². The average Bonchev–Trinajstić information content (AvgIpc) is 3.25. The molecule has 0 saturated carbocycles. The Morgan fingerprint density at radius 3 is 2.68 bits per heavy atom. The molecular weight excluding hydrogens is 368 g/mol. The van der Waals surface area contributed by atoms with E-state index in [-0.39, 0.29) is 17.9 Å². The van der Waals surface area contributed by atoms with Crippen LogP contribution in [0.25, 0.3) is 11.5 Å². The lowest BCUT2D eigenvalue weighted by Crippen LogP contribution is -2.26. The molecule has 0 aliphatic carbocycles. The first kappa shape index (κ1) is 16.5. The molecule has 0 fully saturated rings. The lowest BCUT2D eigenvalue weighted by Gasteiger charge is -2.24. The fraction of sp³-hybridized carbons (Fsp3) is 0.167. The second kappa shape index (κ2) is 5.91. The van der Waals surface area contributed by atoms with E-state index in [0.29, 0.717) is 28.5 Å². The van der Waals surface area contributed by atoms with E-state index in [9.17, 15) is 13.6 Å². The van der Waals surface area contributed by atoms with Crippen molar-refractivity contribution in [3.05, 3.63) is 65.1 Å². The van der Waals surface area contributed by atoms with Gasteiger partial charge in [0.05, 0.1) is 5.69 Å². The Labute approximate surface area is 156 Å². The van der Waals surface area contributed by atoms with E-state index < -0.39 is 17.6 Å². The third-order valence-electron chi connectivity index (χ3n) is 4.82. The number of rotatable bonds is 2. The molecule has 4 aromatic rings. The van der Waals surface area contributed by atoms with Gasteiger partial charge in [0.2, 0.25) is 5.91 Å². The number of nitrogens with one attached hydrogen (secondary N) is 1. The first-order valence-corrected chi connectivity index (χ1v) is 8.53. The minimum absolute atomic E-state index is 0.0741. The van der Waals surface area contributed by atoms with Gasteiger partial charge in [-0.3, -0.25) is 4.79 Å². The van der Waals surface area contributed by atoms with Gasteiger partial charge in [0, 0.05) is 23.5 Å². The van der Waals surface area contributed by atoms with Crippen LogP contribution in [-0.2, 0) is 4.79 Å². The second-order valence-corrected chi connectivity index (χ2v) is 6.52. The molecule has 0 spiro atoms. The number of nitrogens with zero attached hydrogens (tertiary/aromatic N) is 6. The fourth-order valence-electron chi connectivity index (χ4n) is 3.63. The third kappa shape index (κ3) is 2.38. The number of hydrogen-bond acceptors (Lipinski definition) is 5. The molecule has 8 nitrogen and oxygen atoms in total. The van der Waals surface area contributed by atoms with Crippen LogP contribution in [0.2, 0.25) is 0 Å². The van der Waals surface area contributed by atoms with Gasteiger partial charge in [-0.2, -0.15) is 14.3 Å². The Balaban J connectivity index is 1.71. The molecule has 10 heteroatoms. The van der Waals surface area contributed by atoms with Gasteiger partial charge in [-0.15, -0.1) is 15.3 Å². The summed E-state index contributed by atoms with van der Waals surface area (Å²) in [6, 6.07) is 7.05. The largest absolute Gasteiger partial charge is 0.310 e. The van der Waals surface area contributed by atoms with E-state index in [0.717, 1.165) is 0 Å². The molecule has 0 saturated heterocycles. The van der Waals surface area contributed by atoms with Gasteiger partial charge in [-0.1, -0.05) is 6.07 Å². The molecule has 1 N–H and O–H groups in total. The van der Waals surface area contributed by atoms with Crippen molar-refractivity contribution >= 4 is 17.4 Å². The minimum atomic E-state index is -0.780. The fourth-order valence-corrected chi connectivity index (χ4v) is 3.63. The van der Waals surface area contributed by atoms with Crippen LogP contribution in [0.1, 0.15) is 29.2 Å². The molecule has 0 radical (unpaired) electrons. The number of anilines is 1. The number of aromatic nitrogens is 6. The summed E-state index contributed by atoms with van der Waals surface area (Å²) in [6.45, 7) is 1.73. The maximum atomic E-state index is 14.4. The summed E-state index contributed by atoms with van der Waals surface area (Å²) in [7, 11) is 0. The SMILES string of the molecule is Cc1nn(-c2ccc3nncn3n2)c2c1[C@H](c1c(F)cccc1F)CC(=O)N2. The zero-order chi connectivity index (χ0) is 19.4. The summed E-state index contributed by atoms with van der Waals surface area (Å²) in [5.41, 5.74) is 1.53. The number of aryl methyl sites for hydroxylation is 1. The smallest absolute Gasteiger partial charge is 0.226 e. The molecule has 5 rings (SSSR count). The van der Waals surface area contributed by atoms with Crippen LogP contribution in [0.4, 0.5) is 14.6 Å². The normalized spacial score (nSPS) is 16.2. The number of carbonyl (C=O) groups is 1. The highest BCUT2D eigenvalue weighted by molar-refractivity contribution is 5.95. The van der Waals surface area contributed by atoms with Crippen molar-refractivity contribution in [3.8, 4) is 5.82 Å². The molecule has 1 atom stereocenters. The van der Waals surface area contributed by atoms with E-state index in [1.54, 1.807) is 19.1 Å². The molecule has 140 valence electrons. The van der Waals surface area contributed by atoms with Crippen LogP contribution in [0.15, 0.2) is 36.7 Å². The molecule has 1 amide bonds. The number of fused-ring (bicyclic) bond motifs is 2. The summed E-state index contributed by atoms with van der Waals surface area (Å²) >= 11 is 0. The second-order valence-electron chi connectivity index (χ2n) is 6.52. The van der Waals surface area contributed by atoms with E-state index in [4.69, 9.17) is 0 Å². The van der Waals surface area contributed by atoms with Gasteiger partial charge < -0.3 is 5.32 Å². The summed E-state index contributed by atoms with van der Waals surface area (Å²) in [5, 5.41) is 19.3. The number of benzene rings is 1. The van der Waals surface area contributed by atoms with E-state index in [2.05, 4.69) is 25.7 Å². The minimum Gasteiger partial charge on any atom is -0.310 e. The molecule has 1 aliphatic rings. The van der Waals surface area contributed by atoms with Crippen molar-refractivity contribution in [2.45, 2.75) is 19.3 Å². The van der Waals surface area contributed by atoms with Gasteiger partial charge in [-0.25, -0.2) is 8.78 Å². The van der Waals surface area contributed by atoms with E-state index >= 15 is 0 Å². The van der Waals surface area contributed by atoms with Crippen molar-refractivity contribution in [2.24, 2.45) is 0 Å². The lowest BCUT2D eigenvalue weighted by atomic mass is 9.85. The highest BCUT2D eigenvalue weighted by Crippen LogP contribution is 2.41. The standard InChI is InChI=1S/C18H13F2N7O/c1-9-16-10(17-11(19)3-2-4-12(17)20)7-15(28)22-18(16)27(24-9)14-6-5-13-23-21-8-26(13)25-14/h2-6,8,10H,7H2,1H3,(H,22,28)/t10-/m1/s1. The van der Waals surface area contributed by atoms with Gasteiger partial charge in [0.1, 0.15) is 23.8 Å². The van der Waals surface area contributed by atoms with Crippen molar-refractivity contribution < 1.29 is 13.6 Å². The van der Waals surface area contributed by atoms with Crippen LogP contribution in [0, 0.1) is 18.6 Å². The van der Waals surface area contributed by atoms with Crippen LogP contribution in [0.5, 0.6) is 0 Å². The predicted octanol–water partition coefficient (Wildman–Crippen LogP) is 2.37. The highest BCUT2D eigenvalue weighted by Gasteiger charge is 2.35. The zero-order valence-corrected chi connectivity index (χ0v) is 14.6. The van der Waals surface area contributed by atoms with Crippen LogP contribution in [0.3, 0.4) is 0 Å².